The predicted octanol–water partition coefficient (Wildman–Crippen LogP) is 10.3. The molecule has 0 saturated carbocycles. The highest BCUT2D eigenvalue weighted by molar-refractivity contribution is 6.28. The van der Waals surface area contributed by atoms with Crippen LogP contribution >= 0.6 is 0 Å². The first-order valence-corrected chi connectivity index (χ1v) is 12.9. The van der Waals surface area contributed by atoms with E-state index in [1.54, 1.807) is 0 Å². The lowest BCUT2D eigenvalue weighted by molar-refractivity contribution is 0.663. The lowest BCUT2D eigenvalue weighted by Gasteiger charge is -2.05. The van der Waals surface area contributed by atoms with Crippen molar-refractivity contribution in [3.8, 4) is 11.1 Å². The molecule has 0 saturated heterocycles. The molecule has 2 aromatic heterocycles. The highest BCUT2D eigenvalue weighted by atomic mass is 16.3. The van der Waals surface area contributed by atoms with Crippen LogP contribution in [0.15, 0.2) is 138 Å². The SMILES string of the molecule is c1ccc(-c2ccc3[nH]c4c(ccc5c6ccccc6oc6ccccc6c6ccccc6c54)c3c2)cc1. The van der Waals surface area contributed by atoms with Crippen molar-refractivity contribution in [1.29, 1.82) is 0 Å². The second-order valence-electron chi connectivity index (χ2n) is 9.80. The van der Waals surface area contributed by atoms with Crippen LogP contribution in [0.2, 0.25) is 0 Å². The van der Waals surface area contributed by atoms with E-state index in [4.69, 9.17) is 4.42 Å². The smallest absolute Gasteiger partial charge is 0.135 e. The van der Waals surface area contributed by atoms with Crippen molar-refractivity contribution in [2.24, 2.45) is 0 Å². The Hall–Kier alpha value is -5.08. The highest BCUT2D eigenvalue weighted by Crippen LogP contribution is 2.39. The standard InChI is InChI=1S/C36H23NO/c1-2-10-23(11-3-1)24-18-21-32-31(22-24)30-20-19-29-27-14-7-9-17-34(27)38-33-16-8-6-13-26(33)25-12-4-5-15-28(25)35(29)36(30)37-32/h1-22,37H. The molecule has 0 bridgehead atoms. The zero-order valence-electron chi connectivity index (χ0n) is 20.6. The van der Waals surface area contributed by atoms with Crippen molar-refractivity contribution < 1.29 is 4.42 Å². The number of hydrogen-bond acceptors (Lipinski definition) is 1. The monoisotopic (exact) mass is 485 g/mol. The molecule has 0 atom stereocenters. The Kier molecular flexibility index (Phi) is 4.55. The Labute approximate surface area is 219 Å². The molecule has 0 radical (unpaired) electrons. The molecule has 8 rings (SSSR count). The van der Waals surface area contributed by atoms with E-state index in [2.05, 4.69) is 126 Å². The van der Waals surface area contributed by atoms with Gasteiger partial charge in [0, 0.05) is 32.4 Å². The van der Waals surface area contributed by atoms with Crippen molar-refractivity contribution >= 4 is 65.3 Å². The zero-order chi connectivity index (χ0) is 25.1. The van der Waals surface area contributed by atoms with Crippen LogP contribution in [0, 0.1) is 0 Å². The largest absolute Gasteiger partial charge is 0.456 e. The van der Waals surface area contributed by atoms with E-state index in [9.17, 15) is 0 Å². The third-order valence-electron chi connectivity index (χ3n) is 7.65. The van der Waals surface area contributed by atoms with Gasteiger partial charge in [-0.15, -0.1) is 0 Å². The van der Waals surface area contributed by atoms with Gasteiger partial charge in [-0.1, -0.05) is 109 Å². The predicted molar refractivity (Wildman–Crippen MR) is 161 cm³/mol. The summed E-state index contributed by atoms with van der Waals surface area (Å²) in [6.45, 7) is 0. The minimum absolute atomic E-state index is 0.857. The average Bonchev–Trinajstić information content (AvgIpc) is 3.37. The summed E-state index contributed by atoms with van der Waals surface area (Å²) in [5, 5.41) is 9.32. The van der Waals surface area contributed by atoms with E-state index in [1.165, 1.54) is 32.7 Å². The Morgan fingerprint density at radius 3 is 1.74 bits per heavy atom. The molecule has 0 aliphatic rings. The fourth-order valence-corrected chi connectivity index (χ4v) is 5.89. The zero-order valence-corrected chi connectivity index (χ0v) is 20.6. The molecule has 38 heavy (non-hydrogen) atoms. The van der Waals surface area contributed by atoms with Crippen LogP contribution in [0.4, 0.5) is 0 Å². The summed E-state index contributed by atoms with van der Waals surface area (Å²) in [6.07, 6.45) is 0. The van der Waals surface area contributed by atoms with Crippen molar-refractivity contribution in [3.05, 3.63) is 133 Å². The Bertz CT molecular complexity index is 2230. The molecular weight excluding hydrogens is 462 g/mol. The van der Waals surface area contributed by atoms with Crippen molar-refractivity contribution in [2.45, 2.75) is 0 Å². The van der Waals surface area contributed by atoms with Gasteiger partial charge >= 0.3 is 0 Å². The third kappa shape index (κ3) is 3.14. The second kappa shape index (κ2) is 8.22. The fraction of sp³-hybridized carbons (Fsp3) is 0. The molecule has 0 aliphatic heterocycles. The van der Waals surface area contributed by atoms with E-state index >= 15 is 0 Å². The summed E-state index contributed by atoms with van der Waals surface area (Å²) < 4.78 is 6.60. The van der Waals surface area contributed by atoms with Gasteiger partial charge in [0.25, 0.3) is 0 Å². The molecule has 6 aromatic carbocycles. The molecule has 0 amide bonds. The van der Waals surface area contributed by atoms with E-state index in [-0.39, 0.29) is 0 Å². The number of para-hydroxylation sites is 2. The molecule has 0 aliphatic carbocycles. The number of aromatic amines is 1. The highest BCUT2D eigenvalue weighted by Gasteiger charge is 2.13. The fourth-order valence-electron chi connectivity index (χ4n) is 5.89. The van der Waals surface area contributed by atoms with E-state index < -0.39 is 0 Å². The van der Waals surface area contributed by atoms with E-state index in [0.717, 1.165) is 43.7 Å². The summed E-state index contributed by atoms with van der Waals surface area (Å²) in [4.78, 5) is 3.81. The van der Waals surface area contributed by atoms with Crippen LogP contribution in [0.3, 0.4) is 0 Å². The second-order valence-corrected chi connectivity index (χ2v) is 9.80. The van der Waals surface area contributed by atoms with Gasteiger partial charge in [-0.05, 0) is 51.6 Å². The van der Waals surface area contributed by atoms with Crippen LogP contribution in [-0.4, -0.2) is 4.98 Å². The quantitative estimate of drug-likeness (QED) is 0.246. The summed E-state index contributed by atoms with van der Waals surface area (Å²) in [5.41, 5.74) is 6.44. The van der Waals surface area contributed by atoms with Crippen LogP contribution in [0.25, 0.3) is 76.4 Å². The van der Waals surface area contributed by atoms with Crippen LogP contribution < -0.4 is 0 Å². The lowest BCUT2D eigenvalue weighted by Crippen LogP contribution is -1.79. The average molecular weight is 486 g/mol. The Morgan fingerprint density at radius 2 is 0.974 bits per heavy atom. The van der Waals surface area contributed by atoms with Crippen LogP contribution in [-0.2, 0) is 0 Å². The number of fused-ring (bicyclic) bond motifs is 11. The first-order chi connectivity index (χ1) is 18.8. The van der Waals surface area contributed by atoms with Gasteiger partial charge in [-0.25, -0.2) is 0 Å². The van der Waals surface area contributed by atoms with Gasteiger partial charge in [0.15, 0.2) is 0 Å². The summed E-state index contributed by atoms with van der Waals surface area (Å²) in [6, 6.07) is 47.2. The molecule has 178 valence electrons. The number of rotatable bonds is 1. The van der Waals surface area contributed by atoms with Gasteiger partial charge in [0.05, 0.1) is 5.52 Å². The number of H-pyrrole nitrogens is 1. The van der Waals surface area contributed by atoms with E-state index in [0.29, 0.717) is 0 Å². The molecule has 1 N–H and O–H groups in total. The van der Waals surface area contributed by atoms with Gasteiger partial charge in [-0.3, -0.25) is 0 Å². The molecule has 0 fully saturated rings. The molecule has 8 aromatic rings. The lowest BCUT2D eigenvalue weighted by atomic mass is 9.98. The Morgan fingerprint density at radius 1 is 0.395 bits per heavy atom. The van der Waals surface area contributed by atoms with Crippen molar-refractivity contribution in [2.75, 3.05) is 0 Å². The molecular formula is C36H23NO. The first kappa shape index (κ1) is 21.0. The number of nitrogens with one attached hydrogen (secondary N) is 1. The molecule has 0 unspecified atom stereocenters. The first-order valence-electron chi connectivity index (χ1n) is 12.9. The van der Waals surface area contributed by atoms with Crippen LogP contribution in [0.5, 0.6) is 0 Å². The number of hydrogen-bond donors (Lipinski definition) is 1. The van der Waals surface area contributed by atoms with Gasteiger partial charge < -0.3 is 9.40 Å². The summed E-state index contributed by atoms with van der Waals surface area (Å²) in [5.74, 6) is 0. The Balaban J connectivity index is 1.64. The minimum Gasteiger partial charge on any atom is -0.456 e. The third-order valence-corrected chi connectivity index (χ3v) is 7.65. The maximum Gasteiger partial charge on any atom is 0.135 e. The topological polar surface area (TPSA) is 28.9 Å². The molecule has 2 heteroatoms. The van der Waals surface area contributed by atoms with Crippen molar-refractivity contribution in [1.82, 2.24) is 4.98 Å². The minimum atomic E-state index is 0.857. The number of benzene rings is 6. The molecule has 0 spiro atoms. The maximum absolute atomic E-state index is 6.60. The van der Waals surface area contributed by atoms with Gasteiger partial charge in [0.1, 0.15) is 11.2 Å². The van der Waals surface area contributed by atoms with Crippen molar-refractivity contribution in [3.63, 3.8) is 0 Å². The number of aromatic nitrogens is 1. The molecule has 2 heterocycles. The summed E-state index contributed by atoms with van der Waals surface area (Å²) >= 11 is 0. The maximum atomic E-state index is 6.60. The van der Waals surface area contributed by atoms with Crippen LogP contribution in [0.1, 0.15) is 0 Å². The van der Waals surface area contributed by atoms with E-state index in [1.807, 2.05) is 12.1 Å². The van der Waals surface area contributed by atoms with Gasteiger partial charge in [0.2, 0.25) is 0 Å². The van der Waals surface area contributed by atoms with Gasteiger partial charge in [-0.2, -0.15) is 0 Å². The molecule has 2 nitrogen and oxygen atoms in total. The summed E-state index contributed by atoms with van der Waals surface area (Å²) in [7, 11) is 0. The normalized spacial score (nSPS) is 11.7.